The van der Waals surface area contributed by atoms with E-state index in [4.69, 9.17) is 66.3 Å². The van der Waals surface area contributed by atoms with Gasteiger partial charge in [-0.05, 0) is 111 Å². The zero-order valence-electron chi connectivity index (χ0n) is 53.5. The summed E-state index contributed by atoms with van der Waals surface area (Å²) in [5.74, 6) is 0.855. The van der Waals surface area contributed by atoms with E-state index in [9.17, 15) is 86.8 Å². The lowest BCUT2D eigenvalue weighted by atomic mass is 9.44. The number of rotatable bonds is 20. The number of aliphatic hydroxyl groups excluding tert-OH is 17. The van der Waals surface area contributed by atoms with Crippen LogP contribution in [0, 0.1) is 52.3 Å². The first-order valence-corrected chi connectivity index (χ1v) is 33.5. The smallest absolute Gasteiger partial charge is 0.187 e. The Morgan fingerprint density at radius 2 is 1.03 bits per heavy atom. The van der Waals surface area contributed by atoms with Crippen LogP contribution >= 0.6 is 0 Å². The average molecular weight is 1350 g/mol. The largest absolute Gasteiger partial charge is 0.394 e. The molecule has 7 saturated heterocycles. The van der Waals surface area contributed by atoms with E-state index in [1.54, 1.807) is 7.11 Å². The van der Waals surface area contributed by atoms with Gasteiger partial charge in [-0.2, -0.15) is 0 Å². The average Bonchev–Trinajstić information content (AvgIpc) is 1.56. The monoisotopic (exact) mass is 1340 g/mol. The molecular formula is C62H104O31. The highest BCUT2D eigenvalue weighted by atomic mass is 16.8. The first-order chi connectivity index (χ1) is 44.1. The highest BCUT2D eigenvalue weighted by Crippen LogP contribution is 2.71. The fourth-order valence-corrected chi connectivity index (χ4v) is 18.3. The molecule has 93 heavy (non-hydrogen) atoms. The molecule has 31 nitrogen and oxygen atoms in total. The van der Waals surface area contributed by atoms with Crippen LogP contribution in [-0.4, -0.2) is 324 Å². The summed E-state index contributed by atoms with van der Waals surface area (Å²) in [4.78, 5) is 0. The van der Waals surface area contributed by atoms with Crippen molar-refractivity contribution in [2.45, 2.75) is 289 Å². The summed E-state index contributed by atoms with van der Waals surface area (Å²) >= 11 is 0. The van der Waals surface area contributed by atoms with Crippen molar-refractivity contribution in [3.05, 3.63) is 0 Å². The van der Waals surface area contributed by atoms with Crippen LogP contribution in [-0.2, 0) is 66.3 Å². The predicted octanol–water partition coefficient (Wildman–Crippen LogP) is -5.35. The molecule has 11 aliphatic rings. The number of fused-ring (bicyclic) bond motifs is 7. The minimum Gasteiger partial charge on any atom is -0.394 e. The first kappa shape index (κ1) is 73.0. The number of ether oxygens (including phenoxy) is 14. The fourth-order valence-electron chi connectivity index (χ4n) is 18.3. The van der Waals surface area contributed by atoms with Gasteiger partial charge in [0, 0.05) is 19.4 Å². The van der Waals surface area contributed by atoms with Crippen molar-refractivity contribution in [1.29, 1.82) is 0 Å². The second-order valence-corrected chi connectivity index (χ2v) is 29.1. The molecule has 1 unspecified atom stereocenters. The summed E-state index contributed by atoms with van der Waals surface area (Å²) in [6.07, 6.45) is -39.3. The summed E-state index contributed by atoms with van der Waals surface area (Å²) in [5.41, 5.74) is -0.106. The normalized spacial score (nSPS) is 55.4. The van der Waals surface area contributed by atoms with Crippen LogP contribution in [0.2, 0.25) is 0 Å². The minimum atomic E-state index is -1.96. The van der Waals surface area contributed by atoms with E-state index >= 15 is 0 Å². The van der Waals surface area contributed by atoms with Crippen molar-refractivity contribution >= 4 is 0 Å². The van der Waals surface area contributed by atoms with Gasteiger partial charge in [0.05, 0.1) is 58.0 Å². The number of hydrogen-bond donors (Lipinski definition) is 17. The summed E-state index contributed by atoms with van der Waals surface area (Å²) in [5, 5.41) is 183. The molecule has 11 rings (SSSR count). The molecule has 7 aliphatic heterocycles. The van der Waals surface area contributed by atoms with Crippen molar-refractivity contribution in [3.63, 3.8) is 0 Å². The summed E-state index contributed by atoms with van der Waals surface area (Å²) < 4.78 is 86.3. The quantitative estimate of drug-likeness (QED) is 0.0506. The molecular weight excluding hydrogens is 1240 g/mol. The van der Waals surface area contributed by atoms with Gasteiger partial charge in [0.15, 0.2) is 43.5 Å². The van der Waals surface area contributed by atoms with E-state index in [0.717, 1.165) is 38.5 Å². The van der Waals surface area contributed by atoms with Gasteiger partial charge in [-0.1, -0.05) is 27.7 Å². The predicted molar refractivity (Wildman–Crippen MR) is 308 cm³/mol. The highest BCUT2D eigenvalue weighted by molar-refractivity contribution is 5.15. The van der Waals surface area contributed by atoms with E-state index < -0.39 is 217 Å². The van der Waals surface area contributed by atoms with Crippen LogP contribution in [0.3, 0.4) is 0 Å². The molecule has 31 heteroatoms. The number of aliphatic hydroxyl groups is 17. The maximum absolute atomic E-state index is 12.7. The van der Waals surface area contributed by atoms with Crippen LogP contribution in [0.15, 0.2) is 0 Å². The molecule has 7 heterocycles. The van der Waals surface area contributed by atoms with Crippen molar-refractivity contribution in [2.24, 2.45) is 52.3 Å². The Morgan fingerprint density at radius 3 is 1.68 bits per heavy atom. The van der Waals surface area contributed by atoms with Crippen LogP contribution in [0.1, 0.15) is 98.8 Å². The molecule has 17 N–H and O–H groups in total. The Morgan fingerprint density at radius 1 is 0.484 bits per heavy atom. The molecule has 0 bridgehead atoms. The van der Waals surface area contributed by atoms with Crippen LogP contribution in [0.5, 0.6) is 0 Å². The Bertz CT molecular complexity index is 2410. The Labute approximate surface area is 539 Å². The molecule has 0 aromatic carbocycles. The Hall–Kier alpha value is -1.24. The third-order valence-electron chi connectivity index (χ3n) is 23.8. The van der Waals surface area contributed by atoms with Gasteiger partial charge in [0.2, 0.25) is 0 Å². The van der Waals surface area contributed by atoms with Crippen molar-refractivity contribution in [3.8, 4) is 0 Å². The van der Waals surface area contributed by atoms with Crippen LogP contribution < -0.4 is 0 Å². The van der Waals surface area contributed by atoms with Crippen molar-refractivity contribution in [1.82, 2.24) is 0 Å². The number of hydrogen-bond acceptors (Lipinski definition) is 31. The molecule has 0 aromatic heterocycles. The Kier molecular flexibility index (Phi) is 23.1. The van der Waals surface area contributed by atoms with E-state index in [1.807, 2.05) is 6.92 Å². The third kappa shape index (κ3) is 13.7. The lowest BCUT2D eigenvalue weighted by molar-refractivity contribution is -0.408. The van der Waals surface area contributed by atoms with Crippen LogP contribution in [0.4, 0.5) is 0 Å². The minimum absolute atomic E-state index is 0.0181. The van der Waals surface area contributed by atoms with Crippen molar-refractivity contribution in [2.75, 3.05) is 46.8 Å². The maximum atomic E-state index is 12.7. The summed E-state index contributed by atoms with van der Waals surface area (Å²) in [7, 11) is 1.70. The Balaban J connectivity index is 0.777. The van der Waals surface area contributed by atoms with E-state index in [-0.39, 0.29) is 47.2 Å². The van der Waals surface area contributed by atoms with Gasteiger partial charge in [-0.15, -0.1) is 0 Å². The maximum Gasteiger partial charge on any atom is 0.187 e. The fraction of sp³-hybridized carbons (Fsp3) is 1.00. The van der Waals surface area contributed by atoms with E-state index in [0.29, 0.717) is 43.4 Å². The standard InChI is InChI=1S/C62H104O31/c1-23(20-81-54-47(77)44(74)41(71)34(17-63)86-54)9-14-62(80-6)24(2)37-33(93-62)16-30-28-8-7-26-15-27(10-12-60(26,4)29(28)11-13-61(30,37)5)85-58-52(91-57-48(78)43(73)38(68)25(3)84-57)49(79)50(36(19-65)88-58)89-59-53(92-56-46(76)40(70)32(67)22-83-56)51(42(72)35(18-64)87-59)90-55-45(75)39(69)31(66)21-82-55/h23-59,63-79H,7-22H2,1-6H3/t23-,24+,25+,26+,27+,28-,29+,30+,31-,32-,33+,34-,35-,36-,37+,38+,39+,40+,41-,42-,43-,44+,45-,46-,47-,48-,49+,50+,51+,52-,53-,54-,55+,56+,57+,58-,59+,60+,61+,62?/m1/s1. The van der Waals surface area contributed by atoms with Crippen LogP contribution in [0.25, 0.3) is 0 Å². The van der Waals surface area contributed by atoms with Gasteiger partial charge in [0.1, 0.15) is 128 Å². The summed E-state index contributed by atoms with van der Waals surface area (Å²) in [6, 6.07) is 0. The van der Waals surface area contributed by atoms with Gasteiger partial charge in [-0.25, -0.2) is 0 Å². The topological polar surface area (TPSA) is 473 Å². The lowest BCUT2D eigenvalue weighted by Crippen LogP contribution is -2.68. The van der Waals surface area contributed by atoms with E-state index in [1.165, 1.54) is 6.92 Å². The third-order valence-corrected chi connectivity index (χ3v) is 23.8. The SMILES string of the molecule is COC1(CC[C@@H](C)CO[C@@H]2O[C@H](CO)[C@@H](O)[C@H](O)[C@H]2O)O[C@H]2C[C@H]3[C@@H]4CC[C@H]5C[C@@H](O[C@@H]6O[C@H](CO)[C@H](O[C@@H]7O[C@H](CO)[C@@H](O)[C@H](O[C@@H]8OC[C@@H](O)[C@H](O)[C@H]8O)[C@H]7O[C@@H]7OC[C@@H](O)[C@H](O)[C@H]7O)[C@H](O)[C@H]6O[C@@H]6O[C@@H](C)[C@H](O)[C@@H](O)[C@H]6O)CC[C@]5(C)[C@H]4CC[C@]3(C)[C@H]2[C@@H]1C. The first-order valence-electron chi connectivity index (χ1n) is 33.5. The molecule has 4 aliphatic carbocycles. The second-order valence-electron chi connectivity index (χ2n) is 29.1. The molecule has 4 saturated carbocycles. The van der Waals surface area contributed by atoms with Crippen molar-refractivity contribution < 1.29 is 153 Å². The lowest BCUT2D eigenvalue weighted by Gasteiger charge is -2.61. The van der Waals surface area contributed by atoms with Gasteiger partial charge < -0.3 is 153 Å². The number of methoxy groups -OCH3 is 1. The highest BCUT2D eigenvalue weighted by Gasteiger charge is 2.69. The molecule has 0 spiro atoms. The molecule has 538 valence electrons. The zero-order valence-corrected chi connectivity index (χ0v) is 53.5. The van der Waals surface area contributed by atoms with Gasteiger partial charge in [0.25, 0.3) is 0 Å². The zero-order chi connectivity index (χ0) is 67.1. The molecule has 0 aromatic rings. The van der Waals surface area contributed by atoms with Gasteiger partial charge >= 0.3 is 0 Å². The molecule has 0 amide bonds. The second kappa shape index (κ2) is 29.4. The van der Waals surface area contributed by atoms with Gasteiger partial charge in [-0.3, -0.25) is 0 Å². The molecule has 11 fully saturated rings. The summed E-state index contributed by atoms with van der Waals surface area (Å²) in [6.45, 7) is 7.26. The molecule has 40 atom stereocenters. The molecule has 0 radical (unpaired) electrons. The van der Waals surface area contributed by atoms with E-state index in [2.05, 4.69) is 20.8 Å².